The lowest BCUT2D eigenvalue weighted by molar-refractivity contribution is -0.121. The fourth-order valence-corrected chi connectivity index (χ4v) is 5.46. The topological polar surface area (TPSA) is 115 Å². The maximum Gasteiger partial charge on any atom is 0.322 e. The molecule has 0 aliphatic carbocycles. The Kier molecular flexibility index (Phi) is 7.01. The van der Waals surface area contributed by atoms with Crippen molar-refractivity contribution in [2.45, 2.75) is 22.6 Å². The molecule has 0 unspecified atom stereocenters. The second-order valence-electron chi connectivity index (χ2n) is 7.48. The Morgan fingerprint density at radius 3 is 2.36 bits per heavy atom. The molecule has 1 aliphatic heterocycles. The first-order valence-electron chi connectivity index (χ1n) is 10.3. The van der Waals surface area contributed by atoms with Crippen LogP contribution < -0.4 is 10.1 Å². The molecule has 1 saturated heterocycles. The van der Waals surface area contributed by atoms with E-state index in [-0.39, 0.29) is 35.8 Å². The number of aromatic nitrogens is 2. The van der Waals surface area contributed by atoms with Crippen LogP contribution in [0, 0.1) is 5.92 Å². The third kappa shape index (κ3) is 5.21. The molecule has 1 amide bonds. The van der Waals surface area contributed by atoms with E-state index in [2.05, 4.69) is 15.5 Å². The summed E-state index contributed by atoms with van der Waals surface area (Å²) in [6, 6.07) is 14.0. The number of methoxy groups -OCH3 is 1. The van der Waals surface area contributed by atoms with Gasteiger partial charge in [-0.1, -0.05) is 5.10 Å². The lowest BCUT2D eigenvalue weighted by atomic mass is 9.97. The normalized spacial score (nSPS) is 15.3. The minimum atomic E-state index is -3.62. The number of carbonyl (C=O) groups excluding carboxylic acids is 1. The van der Waals surface area contributed by atoms with E-state index in [1.54, 1.807) is 23.9 Å². The Balaban J connectivity index is 1.34. The van der Waals surface area contributed by atoms with Crippen LogP contribution in [0.15, 0.2) is 62.7 Å². The summed E-state index contributed by atoms with van der Waals surface area (Å²) in [5, 5.41) is 10.6. The van der Waals surface area contributed by atoms with Crippen LogP contribution in [0.25, 0.3) is 11.5 Å². The van der Waals surface area contributed by atoms with Crippen LogP contribution in [-0.4, -0.2) is 55.3 Å². The summed E-state index contributed by atoms with van der Waals surface area (Å²) in [6.07, 6.45) is 2.80. The number of piperidine rings is 1. The molecular weight excluding hydrogens is 464 g/mol. The fraction of sp³-hybridized carbons (Fsp3) is 0.318. The van der Waals surface area contributed by atoms with Gasteiger partial charge in [-0.2, -0.15) is 4.31 Å². The number of benzene rings is 2. The monoisotopic (exact) mass is 488 g/mol. The van der Waals surface area contributed by atoms with Gasteiger partial charge in [0.1, 0.15) is 5.75 Å². The summed E-state index contributed by atoms with van der Waals surface area (Å²) in [6.45, 7) is 0.507. The van der Waals surface area contributed by atoms with Gasteiger partial charge in [-0.25, -0.2) is 8.42 Å². The average Bonchev–Trinajstić information content (AvgIpc) is 3.32. The maximum absolute atomic E-state index is 12.9. The molecular formula is C22H24N4O5S2. The molecule has 0 spiro atoms. The summed E-state index contributed by atoms with van der Waals surface area (Å²) in [5.41, 5.74) is 0.762. The van der Waals surface area contributed by atoms with E-state index in [0.29, 0.717) is 24.5 Å². The third-order valence-electron chi connectivity index (χ3n) is 5.51. The molecule has 0 bridgehead atoms. The summed E-state index contributed by atoms with van der Waals surface area (Å²) in [4.78, 5) is 14.0. The van der Waals surface area contributed by atoms with E-state index in [1.165, 1.54) is 23.5 Å². The highest BCUT2D eigenvalue weighted by Crippen LogP contribution is 2.27. The number of nitrogens with zero attached hydrogens (tertiary/aromatic N) is 3. The number of hydrogen-bond acceptors (Lipinski definition) is 8. The zero-order chi connectivity index (χ0) is 23.4. The SMILES string of the molecule is COc1ccc(S(=O)(=O)N2CCC(C(=O)Nc3nnc(-c4ccc(SC)cc4)o3)CC2)cc1. The molecule has 2 heterocycles. The van der Waals surface area contributed by atoms with Crippen LogP contribution in [0.2, 0.25) is 0 Å². The van der Waals surface area contributed by atoms with Gasteiger partial charge >= 0.3 is 6.01 Å². The van der Waals surface area contributed by atoms with Crippen molar-refractivity contribution in [3.63, 3.8) is 0 Å². The van der Waals surface area contributed by atoms with Crippen molar-refractivity contribution in [2.75, 3.05) is 31.8 Å². The van der Waals surface area contributed by atoms with E-state index < -0.39 is 10.0 Å². The van der Waals surface area contributed by atoms with E-state index >= 15 is 0 Å². The zero-order valence-electron chi connectivity index (χ0n) is 18.2. The van der Waals surface area contributed by atoms with Crippen molar-refractivity contribution in [2.24, 2.45) is 5.92 Å². The molecule has 0 saturated carbocycles. The van der Waals surface area contributed by atoms with Crippen LogP contribution in [0.5, 0.6) is 5.75 Å². The van der Waals surface area contributed by atoms with Crippen molar-refractivity contribution in [1.29, 1.82) is 0 Å². The van der Waals surface area contributed by atoms with Crippen LogP contribution in [0.3, 0.4) is 0 Å². The highest BCUT2D eigenvalue weighted by molar-refractivity contribution is 7.98. The largest absolute Gasteiger partial charge is 0.497 e. The summed E-state index contributed by atoms with van der Waals surface area (Å²) < 4.78 is 37.8. The molecule has 174 valence electrons. The van der Waals surface area contributed by atoms with Crippen LogP contribution in [0.1, 0.15) is 12.8 Å². The van der Waals surface area contributed by atoms with Crippen LogP contribution >= 0.6 is 11.8 Å². The average molecular weight is 489 g/mol. The number of hydrogen-bond donors (Lipinski definition) is 1. The summed E-state index contributed by atoms with van der Waals surface area (Å²) in [5.74, 6) is 0.303. The molecule has 3 aromatic rings. The molecule has 2 aromatic carbocycles. The van der Waals surface area contributed by atoms with E-state index in [0.717, 1.165) is 10.5 Å². The van der Waals surface area contributed by atoms with Gasteiger partial charge in [0.25, 0.3) is 0 Å². The highest BCUT2D eigenvalue weighted by Gasteiger charge is 2.32. The van der Waals surface area contributed by atoms with Gasteiger partial charge in [-0.3, -0.25) is 10.1 Å². The van der Waals surface area contributed by atoms with Gasteiger partial charge in [0.2, 0.25) is 21.8 Å². The number of thioether (sulfide) groups is 1. The van der Waals surface area contributed by atoms with Gasteiger partial charge in [0.05, 0.1) is 12.0 Å². The number of amides is 1. The predicted octanol–water partition coefficient (Wildman–Crippen LogP) is 3.51. The number of nitrogens with one attached hydrogen (secondary N) is 1. The Hall–Kier alpha value is -2.89. The Labute approximate surface area is 196 Å². The van der Waals surface area contributed by atoms with Gasteiger partial charge in [0, 0.05) is 29.5 Å². The number of anilines is 1. The van der Waals surface area contributed by atoms with Gasteiger partial charge in [-0.15, -0.1) is 16.9 Å². The highest BCUT2D eigenvalue weighted by atomic mass is 32.2. The number of ether oxygens (including phenoxy) is 1. The van der Waals surface area contributed by atoms with Crippen molar-refractivity contribution in [3.05, 3.63) is 48.5 Å². The summed E-state index contributed by atoms with van der Waals surface area (Å²) >= 11 is 1.63. The lowest BCUT2D eigenvalue weighted by Crippen LogP contribution is -2.41. The van der Waals surface area contributed by atoms with Gasteiger partial charge in [-0.05, 0) is 67.6 Å². The van der Waals surface area contributed by atoms with Crippen molar-refractivity contribution in [1.82, 2.24) is 14.5 Å². The molecule has 1 aromatic heterocycles. The molecule has 11 heteroatoms. The smallest absolute Gasteiger partial charge is 0.322 e. The molecule has 0 atom stereocenters. The number of rotatable bonds is 7. The number of carbonyl (C=O) groups is 1. The third-order valence-corrected chi connectivity index (χ3v) is 8.17. The second-order valence-corrected chi connectivity index (χ2v) is 10.3. The van der Waals surface area contributed by atoms with Gasteiger partial charge < -0.3 is 9.15 Å². The Morgan fingerprint density at radius 1 is 1.09 bits per heavy atom. The first-order chi connectivity index (χ1) is 15.9. The fourth-order valence-electron chi connectivity index (χ4n) is 3.59. The maximum atomic E-state index is 12.9. The van der Waals surface area contributed by atoms with Crippen molar-refractivity contribution in [3.8, 4) is 17.2 Å². The number of sulfonamides is 1. The Morgan fingerprint density at radius 2 is 1.76 bits per heavy atom. The molecule has 1 fully saturated rings. The summed E-state index contributed by atoms with van der Waals surface area (Å²) in [7, 11) is -2.10. The van der Waals surface area contributed by atoms with Gasteiger partial charge in [0.15, 0.2) is 0 Å². The molecule has 4 rings (SSSR count). The molecule has 9 nitrogen and oxygen atoms in total. The molecule has 1 N–H and O–H groups in total. The van der Waals surface area contributed by atoms with Crippen molar-refractivity contribution < 1.29 is 22.4 Å². The minimum absolute atomic E-state index is 0.0252. The van der Waals surface area contributed by atoms with Crippen molar-refractivity contribution >= 4 is 33.7 Å². The lowest BCUT2D eigenvalue weighted by Gasteiger charge is -2.30. The Bertz CT molecular complexity index is 1200. The first kappa shape index (κ1) is 23.3. The minimum Gasteiger partial charge on any atom is -0.497 e. The molecule has 1 aliphatic rings. The molecule has 33 heavy (non-hydrogen) atoms. The standard InChI is InChI=1S/C22H24N4O5S2/c1-30-17-5-9-19(10-6-17)33(28,29)26-13-11-15(12-14-26)20(27)23-22-25-24-21(31-22)16-3-7-18(32-2)8-4-16/h3-10,15H,11-14H2,1-2H3,(H,23,25,27). The van der Waals surface area contributed by atoms with E-state index in [1.807, 2.05) is 30.5 Å². The molecule has 0 radical (unpaired) electrons. The second kappa shape index (κ2) is 9.94. The van der Waals surface area contributed by atoms with Crippen LogP contribution in [-0.2, 0) is 14.8 Å². The van der Waals surface area contributed by atoms with E-state index in [4.69, 9.17) is 9.15 Å². The zero-order valence-corrected chi connectivity index (χ0v) is 19.9. The van der Waals surface area contributed by atoms with E-state index in [9.17, 15) is 13.2 Å². The predicted molar refractivity (Wildman–Crippen MR) is 125 cm³/mol. The quantitative estimate of drug-likeness (QED) is 0.503. The first-order valence-corrected chi connectivity index (χ1v) is 13.0. The van der Waals surface area contributed by atoms with Crippen LogP contribution in [0.4, 0.5) is 6.01 Å².